The minimum atomic E-state index is -0.597. The van der Waals surface area contributed by atoms with Crippen molar-refractivity contribution in [3.05, 3.63) is 47.1 Å². The summed E-state index contributed by atoms with van der Waals surface area (Å²) in [6, 6.07) is 5.42. The standard InChI is InChI=1S/C18H20FN3O3S/c1-2-3-15-9-16(22-25-15)18(24)21-14-7-11(6-12(19)8-14)17(23)20-13-4-5-26-10-13/h6-9,13H,2-5,10H2,1H3,(H,20,23)(H,21,24). The topological polar surface area (TPSA) is 84.2 Å². The van der Waals surface area contributed by atoms with Gasteiger partial charge in [-0.2, -0.15) is 11.8 Å². The lowest BCUT2D eigenvalue weighted by molar-refractivity contribution is 0.0939. The lowest BCUT2D eigenvalue weighted by Gasteiger charge is -2.12. The predicted octanol–water partition coefficient (Wildman–Crippen LogP) is 3.25. The van der Waals surface area contributed by atoms with Gasteiger partial charge in [-0.05, 0) is 36.8 Å². The van der Waals surface area contributed by atoms with Crippen molar-refractivity contribution in [3.8, 4) is 0 Å². The highest BCUT2D eigenvalue weighted by molar-refractivity contribution is 7.99. The van der Waals surface area contributed by atoms with Crippen LogP contribution < -0.4 is 10.6 Å². The summed E-state index contributed by atoms with van der Waals surface area (Å²) in [5.41, 5.74) is 0.483. The van der Waals surface area contributed by atoms with E-state index in [0.717, 1.165) is 36.5 Å². The number of hydrogen-bond donors (Lipinski definition) is 2. The summed E-state index contributed by atoms with van der Waals surface area (Å²) < 4.78 is 19.0. The Labute approximate surface area is 154 Å². The molecule has 26 heavy (non-hydrogen) atoms. The Bertz CT molecular complexity index is 803. The van der Waals surface area contributed by atoms with Crippen molar-refractivity contribution in [2.45, 2.75) is 32.2 Å². The highest BCUT2D eigenvalue weighted by atomic mass is 32.2. The Hall–Kier alpha value is -2.35. The van der Waals surface area contributed by atoms with Gasteiger partial charge in [-0.3, -0.25) is 9.59 Å². The maximum absolute atomic E-state index is 13.9. The van der Waals surface area contributed by atoms with Gasteiger partial charge in [0.05, 0.1) is 0 Å². The van der Waals surface area contributed by atoms with Crippen molar-refractivity contribution in [3.63, 3.8) is 0 Å². The normalized spacial score (nSPS) is 16.5. The largest absolute Gasteiger partial charge is 0.361 e. The van der Waals surface area contributed by atoms with Crippen molar-refractivity contribution in [2.24, 2.45) is 0 Å². The molecular weight excluding hydrogens is 357 g/mol. The van der Waals surface area contributed by atoms with E-state index in [4.69, 9.17) is 4.52 Å². The third-order valence-electron chi connectivity index (χ3n) is 3.97. The highest BCUT2D eigenvalue weighted by Crippen LogP contribution is 2.19. The van der Waals surface area contributed by atoms with Crippen molar-refractivity contribution >= 4 is 29.3 Å². The Morgan fingerprint density at radius 1 is 1.31 bits per heavy atom. The fourth-order valence-electron chi connectivity index (χ4n) is 2.69. The molecule has 3 rings (SSSR count). The first-order valence-corrected chi connectivity index (χ1v) is 9.66. The molecule has 2 aromatic rings. The average Bonchev–Trinajstić information content (AvgIpc) is 3.26. The molecule has 0 saturated carbocycles. The lowest BCUT2D eigenvalue weighted by Crippen LogP contribution is -2.34. The molecule has 1 saturated heterocycles. The first-order chi connectivity index (χ1) is 12.5. The molecule has 0 spiro atoms. The quantitative estimate of drug-likeness (QED) is 0.807. The maximum Gasteiger partial charge on any atom is 0.277 e. The SMILES string of the molecule is CCCc1cc(C(=O)Nc2cc(F)cc(C(=O)NC3CCSC3)c2)no1. The van der Waals surface area contributed by atoms with Gasteiger partial charge < -0.3 is 15.2 Å². The van der Waals surface area contributed by atoms with E-state index >= 15 is 0 Å². The Morgan fingerprint density at radius 2 is 2.15 bits per heavy atom. The number of aromatic nitrogens is 1. The first kappa shape index (κ1) is 18.4. The monoisotopic (exact) mass is 377 g/mol. The number of benzene rings is 1. The number of halogens is 1. The van der Waals surface area contributed by atoms with Gasteiger partial charge in [-0.15, -0.1) is 0 Å². The summed E-state index contributed by atoms with van der Waals surface area (Å²) in [5.74, 6) is 1.02. The van der Waals surface area contributed by atoms with E-state index in [1.54, 1.807) is 17.8 Å². The highest BCUT2D eigenvalue weighted by Gasteiger charge is 2.20. The maximum atomic E-state index is 13.9. The third-order valence-corrected chi connectivity index (χ3v) is 5.13. The molecular formula is C18H20FN3O3S. The van der Waals surface area contributed by atoms with Crippen LogP contribution in [-0.4, -0.2) is 34.5 Å². The van der Waals surface area contributed by atoms with Gasteiger partial charge in [0.25, 0.3) is 11.8 Å². The van der Waals surface area contributed by atoms with Crippen molar-refractivity contribution in [1.82, 2.24) is 10.5 Å². The summed E-state index contributed by atoms with van der Waals surface area (Å²) in [4.78, 5) is 24.6. The Balaban J connectivity index is 1.69. The van der Waals surface area contributed by atoms with Crippen molar-refractivity contribution < 1.29 is 18.5 Å². The molecule has 2 heterocycles. The van der Waals surface area contributed by atoms with E-state index in [2.05, 4.69) is 15.8 Å². The summed E-state index contributed by atoms with van der Waals surface area (Å²) >= 11 is 1.78. The van der Waals surface area contributed by atoms with E-state index in [1.165, 1.54) is 6.07 Å². The summed E-state index contributed by atoms with van der Waals surface area (Å²) in [7, 11) is 0. The number of thioether (sulfide) groups is 1. The summed E-state index contributed by atoms with van der Waals surface area (Å²) in [6.45, 7) is 1.99. The van der Waals surface area contributed by atoms with Gasteiger partial charge in [-0.25, -0.2) is 4.39 Å². The number of hydrogen-bond acceptors (Lipinski definition) is 5. The van der Waals surface area contributed by atoms with Crippen LogP contribution in [0.2, 0.25) is 0 Å². The van der Waals surface area contributed by atoms with Gasteiger partial charge >= 0.3 is 0 Å². The number of amides is 2. The molecule has 0 radical (unpaired) electrons. The number of carbonyl (C=O) groups excluding carboxylic acids is 2. The fraction of sp³-hybridized carbons (Fsp3) is 0.389. The van der Waals surface area contributed by atoms with E-state index in [0.29, 0.717) is 12.2 Å². The van der Waals surface area contributed by atoms with E-state index in [-0.39, 0.29) is 28.9 Å². The molecule has 1 aliphatic heterocycles. The molecule has 1 aromatic heterocycles. The number of carbonyl (C=O) groups is 2. The lowest BCUT2D eigenvalue weighted by atomic mass is 10.1. The molecule has 2 N–H and O–H groups in total. The minimum absolute atomic E-state index is 0.0981. The second-order valence-corrected chi connectivity index (χ2v) is 7.29. The van der Waals surface area contributed by atoms with Gasteiger partial charge in [0.15, 0.2) is 5.69 Å². The van der Waals surface area contributed by atoms with Crippen LogP contribution in [-0.2, 0) is 6.42 Å². The average molecular weight is 377 g/mol. The number of anilines is 1. The molecule has 1 atom stereocenters. The molecule has 6 nitrogen and oxygen atoms in total. The summed E-state index contributed by atoms with van der Waals surface area (Å²) in [6.07, 6.45) is 2.46. The zero-order valence-electron chi connectivity index (χ0n) is 14.4. The van der Waals surface area contributed by atoms with Crippen LogP contribution in [0.15, 0.2) is 28.8 Å². The second kappa shape index (κ2) is 8.35. The van der Waals surface area contributed by atoms with Crippen LogP contribution in [0.1, 0.15) is 46.4 Å². The van der Waals surface area contributed by atoms with Gasteiger partial charge in [0, 0.05) is 35.5 Å². The third kappa shape index (κ3) is 4.63. The molecule has 8 heteroatoms. The Kier molecular flexibility index (Phi) is 5.92. The second-order valence-electron chi connectivity index (χ2n) is 6.15. The van der Waals surface area contributed by atoms with Crippen LogP contribution in [0.25, 0.3) is 0 Å². The van der Waals surface area contributed by atoms with Gasteiger partial charge in [0.2, 0.25) is 0 Å². The number of aryl methyl sites for hydroxylation is 1. The molecule has 0 aliphatic carbocycles. The van der Waals surface area contributed by atoms with Gasteiger partial charge in [0.1, 0.15) is 11.6 Å². The van der Waals surface area contributed by atoms with E-state index in [1.807, 2.05) is 6.92 Å². The zero-order chi connectivity index (χ0) is 18.5. The molecule has 1 aliphatic rings. The van der Waals surface area contributed by atoms with Gasteiger partial charge in [-0.1, -0.05) is 12.1 Å². The van der Waals surface area contributed by atoms with Crippen LogP contribution in [0.3, 0.4) is 0 Å². The molecule has 1 unspecified atom stereocenters. The van der Waals surface area contributed by atoms with Crippen LogP contribution in [0.5, 0.6) is 0 Å². The molecule has 138 valence electrons. The molecule has 2 amide bonds. The smallest absolute Gasteiger partial charge is 0.277 e. The van der Waals surface area contributed by atoms with Crippen molar-refractivity contribution in [1.29, 1.82) is 0 Å². The van der Waals surface area contributed by atoms with E-state index in [9.17, 15) is 14.0 Å². The fourth-order valence-corrected chi connectivity index (χ4v) is 3.84. The molecule has 1 aromatic carbocycles. The minimum Gasteiger partial charge on any atom is -0.361 e. The molecule has 1 fully saturated rings. The van der Waals surface area contributed by atoms with E-state index < -0.39 is 11.7 Å². The number of nitrogens with one attached hydrogen (secondary N) is 2. The Morgan fingerprint density at radius 3 is 2.88 bits per heavy atom. The molecule has 0 bridgehead atoms. The predicted molar refractivity (Wildman–Crippen MR) is 98.0 cm³/mol. The van der Waals surface area contributed by atoms with Crippen LogP contribution in [0, 0.1) is 5.82 Å². The number of nitrogens with zero attached hydrogens (tertiary/aromatic N) is 1. The zero-order valence-corrected chi connectivity index (χ0v) is 15.2. The number of rotatable bonds is 6. The summed E-state index contributed by atoms with van der Waals surface area (Å²) in [5, 5.41) is 9.16. The first-order valence-electron chi connectivity index (χ1n) is 8.51. The van der Waals surface area contributed by atoms with Crippen LogP contribution >= 0.6 is 11.8 Å². The van der Waals surface area contributed by atoms with Crippen molar-refractivity contribution in [2.75, 3.05) is 16.8 Å². The van der Waals surface area contributed by atoms with Crippen LogP contribution in [0.4, 0.5) is 10.1 Å².